The van der Waals surface area contributed by atoms with Crippen LogP contribution in [0.5, 0.6) is 0 Å². The molecule has 1 aromatic heterocycles. The van der Waals surface area contributed by atoms with Crippen molar-refractivity contribution in [1.82, 2.24) is 4.98 Å². The van der Waals surface area contributed by atoms with Gasteiger partial charge in [-0.15, -0.1) is 0 Å². The summed E-state index contributed by atoms with van der Waals surface area (Å²) in [4.78, 5) is 15.1. The highest BCUT2D eigenvalue weighted by molar-refractivity contribution is 5.82. The molecule has 2 atom stereocenters. The minimum Gasteiger partial charge on any atom is -0.373 e. The molecule has 1 fully saturated rings. The van der Waals surface area contributed by atoms with Crippen molar-refractivity contribution in [3.63, 3.8) is 0 Å². The molecule has 3 aromatic rings. The third-order valence-corrected chi connectivity index (χ3v) is 5.00. The quantitative estimate of drug-likeness (QED) is 0.524. The van der Waals surface area contributed by atoms with Crippen LogP contribution in [0.2, 0.25) is 0 Å². The van der Waals surface area contributed by atoms with E-state index < -0.39 is 4.92 Å². The van der Waals surface area contributed by atoms with Gasteiger partial charge in [-0.25, -0.2) is 4.98 Å². The van der Waals surface area contributed by atoms with E-state index in [1.807, 2.05) is 30.3 Å². The highest BCUT2D eigenvalue weighted by Gasteiger charge is 2.27. The largest absolute Gasteiger partial charge is 0.373 e. The molecule has 0 bridgehead atoms. The van der Waals surface area contributed by atoms with Crippen molar-refractivity contribution in [2.45, 2.75) is 18.9 Å². The maximum atomic E-state index is 10.9. The SMILES string of the molecule is O=[N+]([O-])c1ccc2nc(NC[C@@H]3CCCO[C@@H]3c3ccccc3)ccc2c1. The van der Waals surface area contributed by atoms with Gasteiger partial charge in [-0.05, 0) is 36.6 Å². The fraction of sp³-hybridized carbons (Fsp3) is 0.286. The monoisotopic (exact) mass is 363 g/mol. The van der Waals surface area contributed by atoms with Gasteiger partial charge < -0.3 is 10.1 Å². The molecule has 6 nitrogen and oxygen atoms in total. The lowest BCUT2D eigenvalue weighted by Crippen LogP contribution is -2.28. The number of nitro groups is 1. The maximum absolute atomic E-state index is 10.9. The van der Waals surface area contributed by atoms with E-state index in [9.17, 15) is 10.1 Å². The lowest BCUT2D eigenvalue weighted by Gasteiger charge is -2.32. The lowest BCUT2D eigenvalue weighted by atomic mass is 9.89. The fourth-order valence-corrected chi connectivity index (χ4v) is 3.62. The van der Waals surface area contributed by atoms with Gasteiger partial charge in [-0.1, -0.05) is 30.3 Å². The first kappa shape index (κ1) is 17.4. The molecular weight excluding hydrogens is 342 g/mol. The molecule has 1 saturated heterocycles. The Hall–Kier alpha value is -2.99. The summed E-state index contributed by atoms with van der Waals surface area (Å²) >= 11 is 0. The molecule has 0 spiro atoms. The Kier molecular flexibility index (Phi) is 4.98. The molecule has 0 radical (unpaired) electrons. The Morgan fingerprint density at radius 2 is 2.00 bits per heavy atom. The smallest absolute Gasteiger partial charge is 0.270 e. The average Bonchev–Trinajstić information content (AvgIpc) is 2.72. The number of pyridine rings is 1. The summed E-state index contributed by atoms with van der Waals surface area (Å²) < 4.78 is 6.05. The first-order valence-corrected chi connectivity index (χ1v) is 9.16. The second-order valence-electron chi connectivity index (χ2n) is 6.82. The van der Waals surface area contributed by atoms with Crippen LogP contribution in [0.15, 0.2) is 60.7 Å². The van der Waals surface area contributed by atoms with Crippen LogP contribution >= 0.6 is 0 Å². The van der Waals surface area contributed by atoms with Gasteiger partial charge in [0.15, 0.2) is 0 Å². The number of anilines is 1. The molecule has 1 aliphatic heterocycles. The first-order valence-electron chi connectivity index (χ1n) is 9.16. The van der Waals surface area contributed by atoms with Crippen molar-refractivity contribution >= 4 is 22.4 Å². The molecule has 1 N–H and O–H groups in total. The van der Waals surface area contributed by atoms with Gasteiger partial charge in [0.1, 0.15) is 5.82 Å². The highest BCUT2D eigenvalue weighted by atomic mass is 16.6. The molecule has 4 rings (SSSR count). The minimum atomic E-state index is -0.390. The zero-order valence-electron chi connectivity index (χ0n) is 14.9. The van der Waals surface area contributed by atoms with Crippen molar-refractivity contribution in [1.29, 1.82) is 0 Å². The second kappa shape index (κ2) is 7.72. The molecule has 2 aromatic carbocycles. The lowest BCUT2D eigenvalue weighted by molar-refractivity contribution is -0.384. The van der Waals surface area contributed by atoms with E-state index in [0.29, 0.717) is 5.92 Å². The van der Waals surface area contributed by atoms with Crippen LogP contribution in [-0.4, -0.2) is 23.1 Å². The summed E-state index contributed by atoms with van der Waals surface area (Å²) in [5, 5.41) is 15.1. The van der Waals surface area contributed by atoms with E-state index in [1.54, 1.807) is 12.1 Å². The van der Waals surface area contributed by atoms with Gasteiger partial charge in [-0.3, -0.25) is 10.1 Å². The molecule has 6 heteroatoms. The number of rotatable bonds is 5. The zero-order chi connectivity index (χ0) is 18.6. The van der Waals surface area contributed by atoms with Gasteiger partial charge in [-0.2, -0.15) is 0 Å². The van der Waals surface area contributed by atoms with Crippen molar-refractivity contribution in [3.8, 4) is 0 Å². The fourth-order valence-electron chi connectivity index (χ4n) is 3.62. The van der Waals surface area contributed by atoms with E-state index in [1.165, 1.54) is 11.6 Å². The standard InChI is InChI=1S/C21H21N3O3/c25-24(26)18-9-10-19-16(13-18)8-11-20(23-19)22-14-17-7-4-12-27-21(17)15-5-2-1-3-6-15/h1-3,5-6,8-11,13,17,21H,4,7,12,14H2,(H,22,23)/t17-,21+/m0/s1. The predicted octanol–water partition coefficient (Wildman–Crippen LogP) is 4.72. The molecule has 27 heavy (non-hydrogen) atoms. The molecule has 138 valence electrons. The molecule has 1 aliphatic rings. The number of hydrogen-bond acceptors (Lipinski definition) is 5. The molecular formula is C21H21N3O3. The first-order chi connectivity index (χ1) is 13.2. The topological polar surface area (TPSA) is 77.3 Å². The van der Waals surface area contributed by atoms with Crippen LogP contribution in [-0.2, 0) is 4.74 Å². The number of benzene rings is 2. The van der Waals surface area contributed by atoms with E-state index in [4.69, 9.17) is 4.74 Å². The summed E-state index contributed by atoms with van der Waals surface area (Å²) in [5.41, 5.74) is 2.03. The number of ether oxygens (including phenoxy) is 1. The highest BCUT2D eigenvalue weighted by Crippen LogP contribution is 2.33. The minimum absolute atomic E-state index is 0.0788. The number of nitrogens with one attached hydrogen (secondary N) is 1. The van der Waals surface area contributed by atoms with Gasteiger partial charge in [0.2, 0.25) is 0 Å². The van der Waals surface area contributed by atoms with E-state index >= 15 is 0 Å². The molecule has 0 amide bonds. The number of aromatic nitrogens is 1. The van der Waals surface area contributed by atoms with Gasteiger partial charge in [0.25, 0.3) is 5.69 Å². The number of nitro benzene ring substituents is 1. The van der Waals surface area contributed by atoms with Crippen molar-refractivity contribution < 1.29 is 9.66 Å². The third kappa shape index (κ3) is 3.90. The second-order valence-corrected chi connectivity index (χ2v) is 6.82. The molecule has 2 heterocycles. The summed E-state index contributed by atoms with van der Waals surface area (Å²) in [6.45, 7) is 1.56. The number of hydrogen-bond donors (Lipinski definition) is 1. The van der Waals surface area contributed by atoms with E-state index in [-0.39, 0.29) is 11.8 Å². The third-order valence-electron chi connectivity index (χ3n) is 5.00. The van der Waals surface area contributed by atoms with Crippen molar-refractivity contribution in [3.05, 3.63) is 76.3 Å². The Morgan fingerprint density at radius 3 is 2.81 bits per heavy atom. The number of nitrogens with zero attached hydrogens (tertiary/aromatic N) is 2. The van der Waals surface area contributed by atoms with Crippen molar-refractivity contribution in [2.75, 3.05) is 18.5 Å². The zero-order valence-corrected chi connectivity index (χ0v) is 14.9. The van der Waals surface area contributed by atoms with Crippen LogP contribution in [0, 0.1) is 16.0 Å². The number of fused-ring (bicyclic) bond motifs is 1. The summed E-state index contributed by atoms with van der Waals surface area (Å²) in [6, 6.07) is 18.8. The van der Waals surface area contributed by atoms with Crippen LogP contribution in [0.1, 0.15) is 24.5 Å². The average molecular weight is 363 g/mol. The maximum Gasteiger partial charge on any atom is 0.270 e. The predicted molar refractivity (Wildman–Crippen MR) is 105 cm³/mol. The van der Waals surface area contributed by atoms with Crippen molar-refractivity contribution in [2.24, 2.45) is 5.92 Å². The van der Waals surface area contributed by atoms with E-state index in [2.05, 4.69) is 22.4 Å². The van der Waals surface area contributed by atoms with Crippen LogP contribution in [0.25, 0.3) is 10.9 Å². The van der Waals surface area contributed by atoms with Crippen LogP contribution in [0.3, 0.4) is 0 Å². The van der Waals surface area contributed by atoms with Crippen LogP contribution in [0.4, 0.5) is 11.5 Å². The normalized spacial score (nSPS) is 19.7. The van der Waals surface area contributed by atoms with Gasteiger partial charge in [0, 0.05) is 36.6 Å². The Bertz CT molecular complexity index is 946. The summed E-state index contributed by atoms with van der Waals surface area (Å²) in [5.74, 6) is 1.14. The van der Waals surface area contributed by atoms with E-state index in [0.717, 1.165) is 42.7 Å². The Morgan fingerprint density at radius 1 is 1.15 bits per heavy atom. The molecule has 0 saturated carbocycles. The van der Waals surface area contributed by atoms with Gasteiger partial charge in [0.05, 0.1) is 16.5 Å². The Labute approximate surface area is 157 Å². The summed E-state index contributed by atoms with van der Waals surface area (Å²) in [7, 11) is 0. The van der Waals surface area contributed by atoms with Crippen LogP contribution < -0.4 is 5.32 Å². The molecule has 0 unspecified atom stereocenters. The summed E-state index contributed by atoms with van der Waals surface area (Å²) in [6.07, 6.45) is 2.26. The number of non-ortho nitro benzene ring substituents is 1. The molecule has 0 aliphatic carbocycles. The van der Waals surface area contributed by atoms with Gasteiger partial charge >= 0.3 is 0 Å². The Balaban J connectivity index is 1.48.